The number of thiophene rings is 1. The van der Waals surface area contributed by atoms with E-state index < -0.39 is 0 Å². The van der Waals surface area contributed by atoms with Crippen molar-refractivity contribution in [3.05, 3.63) is 45.7 Å². The fourth-order valence-electron chi connectivity index (χ4n) is 1.70. The van der Waals surface area contributed by atoms with Gasteiger partial charge in [-0.15, -0.1) is 23.7 Å². The normalized spacial score (nSPS) is 12.4. The van der Waals surface area contributed by atoms with Gasteiger partial charge in [0.15, 0.2) is 0 Å². The highest BCUT2D eigenvalue weighted by Gasteiger charge is 2.11. The molecule has 17 heavy (non-hydrogen) atoms. The van der Waals surface area contributed by atoms with E-state index >= 15 is 0 Å². The van der Waals surface area contributed by atoms with Crippen molar-refractivity contribution >= 4 is 40.6 Å². The monoisotopic (exact) mass is 269 g/mol. The fourth-order valence-corrected chi connectivity index (χ4v) is 2.47. The van der Waals surface area contributed by atoms with Gasteiger partial charge in [0.1, 0.15) is 10.8 Å². The molecular formula is C11H9ClFN3S. The minimum atomic E-state index is -0.324. The van der Waals surface area contributed by atoms with Gasteiger partial charge in [0.25, 0.3) is 0 Å². The van der Waals surface area contributed by atoms with Crippen molar-refractivity contribution in [3.63, 3.8) is 0 Å². The second-order valence-electron chi connectivity index (χ2n) is 3.42. The number of aromatic nitrogens is 1. The van der Waals surface area contributed by atoms with Crippen LogP contribution in [0.2, 0.25) is 0 Å². The highest BCUT2D eigenvalue weighted by atomic mass is 35.5. The van der Waals surface area contributed by atoms with Gasteiger partial charge in [-0.3, -0.25) is 4.98 Å². The number of hydrogen-bond donors (Lipinski definition) is 2. The molecule has 0 spiro atoms. The van der Waals surface area contributed by atoms with E-state index in [0.717, 1.165) is 10.6 Å². The summed E-state index contributed by atoms with van der Waals surface area (Å²) in [6.07, 6.45) is 3.03. The first-order chi connectivity index (χ1) is 7.77. The van der Waals surface area contributed by atoms with Crippen LogP contribution in [0.25, 0.3) is 11.9 Å². The summed E-state index contributed by atoms with van der Waals surface area (Å²) in [6.45, 7) is 0. The molecular weight excluding hydrogens is 261 g/mol. The Hall–Kier alpha value is -1.59. The van der Waals surface area contributed by atoms with Gasteiger partial charge in [-0.2, -0.15) is 0 Å². The number of nitrogens with one attached hydrogen (secondary N) is 1. The lowest BCUT2D eigenvalue weighted by atomic mass is 10.2. The summed E-state index contributed by atoms with van der Waals surface area (Å²) in [4.78, 5) is 4.13. The molecule has 0 aliphatic carbocycles. The molecule has 3 nitrogen and oxygen atoms in total. The highest BCUT2D eigenvalue weighted by Crippen LogP contribution is 2.26. The number of hydrogen-bond acceptors (Lipinski definition) is 4. The highest BCUT2D eigenvalue weighted by molar-refractivity contribution is 7.14. The van der Waals surface area contributed by atoms with Crippen LogP contribution in [0.15, 0.2) is 23.7 Å². The molecule has 0 unspecified atom stereocenters. The maximum atomic E-state index is 13.6. The number of nitrogens with two attached hydrogens (primary N) is 1. The number of halogens is 2. The van der Waals surface area contributed by atoms with Gasteiger partial charge in [-0.05, 0) is 17.5 Å². The van der Waals surface area contributed by atoms with Gasteiger partial charge < -0.3 is 11.1 Å². The van der Waals surface area contributed by atoms with Crippen molar-refractivity contribution in [3.8, 4) is 0 Å². The van der Waals surface area contributed by atoms with Gasteiger partial charge in [0.05, 0.1) is 16.3 Å². The van der Waals surface area contributed by atoms with Crippen LogP contribution < -0.4 is 21.6 Å². The SMILES string of the molecule is Cl.NC1=c2nccc(F)c2=CNc2sccc21. The molecule has 88 valence electrons. The summed E-state index contributed by atoms with van der Waals surface area (Å²) >= 11 is 1.53. The van der Waals surface area contributed by atoms with Crippen LogP contribution in [-0.2, 0) is 0 Å². The standard InChI is InChI=1S/C11H8FN3S.ClH/c12-8-1-3-14-10-7(8)5-15-11-6(9(10)13)2-4-16-11;/h1-5,15H,13H2;1H. The molecule has 0 amide bonds. The number of pyridine rings is 1. The van der Waals surface area contributed by atoms with E-state index in [2.05, 4.69) is 10.3 Å². The Bertz CT molecular complexity index is 680. The Morgan fingerprint density at radius 2 is 2.18 bits per heavy atom. The van der Waals surface area contributed by atoms with E-state index in [4.69, 9.17) is 5.73 Å². The zero-order valence-electron chi connectivity index (χ0n) is 8.61. The summed E-state index contributed by atoms with van der Waals surface area (Å²) in [5.74, 6) is -0.324. The molecule has 3 rings (SSSR count). The largest absolute Gasteiger partial charge is 0.396 e. The van der Waals surface area contributed by atoms with Crippen LogP contribution in [-0.4, -0.2) is 4.98 Å². The molecule has 0 aromatic carbocycles. The molecule has 0 saturated heterocycles. The number of nitrogens with zero attached hydrogens (tertiary/aromatic N) is 1. The predicted molar refractivity (Wildman–Crippen MR) is 69.8 cm³/mol. The average molecular weight is 270 g/mol. The molecule has 2 aromatic heterocycles. The molecule has 0 atom stereocenters. The summed E-state index contributed by atoms with van der Waals surface area (Å²) in [6, 6.07) is 3.22. The molecule has 0 fully saturated rings. The Morgan fingerprint density at radius 1 is 1.35 bits per heavy atom. The van der Waals surface area contributed by atoms with Gasteiger partial charge >= 0.3 is 0 Å². The maximum Gasteiger partial charge on any atom is 0.135 e. The van der Waals surface area contributed by atoms with E-state index in [1.807, 2.05) is 11.4 Å². The molecule has 0 radical (unpaired) electrons. The van der Waals surface area contributed by atoms with Crippen molar-refractivity contribution in [2.45, 2.75) is 0 Å². The smallest absolute Gasteiger partial charge is 0.135 e. The number of fused-ring (bicyclic) bond motifs is 2. The van der Waals surface area contributed by atoms with Crippen molar-refractivity contribution in [2.75, 3.05) is 5.32 Å². The van der Waals surface area contributed by atoms with E-state index in [-0.39, 0.29) is 18.2 Å². The quantitative estimate of drug-likeness (QED) is 0.750. The zero-order valence-corrected chi connectivity index (χ0v) is 10.2. The molecule has 0 bridgehead atoms. The molecule has 1 aliphatic heterocycles. The van der Waals surface area contributed by atoms with E-state index in [9.17, 15) is 4.39 Å². The molecule has 2 aromatic rings. The van der Waals surface area contributed by atoms with Gasteiger partial charge in [-0.1, -0.05) is 0 Å². The molecule has 6 heteroatoms. The first kappa shape index (κ1) is 11.9. The zero-order chi connectivity index (χ0) is 11.1. The summed E-state index contributed by atoms with van der Waals surface area (Å²) < 4.78 is 13.6. The first-order valence-electron chi connectivity index (χ1n) is 4.72. The van der Waals surface area contributed by atoms with Gasteiger partial charge in [0, 0.05) is 18.0 Å². The Balaban J connectivity index is 0.00000108. The minimum Gasteiger partial charge on any atom is -0.396 e. The minimum absolute atomic E-state index is 0. The number of anilines is 1. The van der Waals surface area contributed by atoms with Gasteiger partial charge in [-0.25, -0.2) is 4.39 Å². The summed E-state index contributed by atoms with van der Waals surface area (Å²) in [7, 11) is 0. The second kappa shape index (κ2) is 4.35. The van der Waals surface area contributed by atoms with Crippen LogP contribution in [0.1, 0.15) is 5.56 Å². The van der Waals surface area contributed by atoms with Crippen molar-refractivity contribution in [2.24, 2.45) is 5.73 Å². The molecule has 3 N–H and O–H groups in total. The lowest BCUT2D eigenvalue weighted by molar-refractivity contribution is 0.613. The third kappa shape index (κ3) is 1.77. The summed E-state index contributed by atoms with van der Waals surface area (Å²) in [5.41, 5.74) is 7.39. The third-order valence-electron chi connectivity index (χ3n) is 2.50. The lowest BCUT2D eigenvalue weighted by Gasteiger charge is -1.99. The van der Waals surface area contributed by atoms with Crippen LogP contribution in [0.3, 0.4) is 0 Å². The molecule has 3 heterocycles. The molecule has 0 saturated carbocycles. The van der Waals surface area contributed by atoms with E-state index in [0.29, 0.717) is 16.3 Å². The van der Waals surface area contributed by atoms with Crippen LogP contribution in [0.5, 0.6) is 0 Å². The first-order valence-corrected chi connectivity index (χ1v) is 5.60. The van der Waals surface area contributed by atoms with Crippen LogP contribution >= 0.6 is 23.7 Å². The topological polar surface area (TPSA) is 50.9 Å². The Labute approximate surface area is 107 Å². The van der Waals surface area contributed by atoms with Crippen molar-refractivity contribution in [1.29, 1.82) is 0 Å². The van der Waals surface area contributed by atoms with Crippen molar-refractivity contribution < 1.29 is 4.39 Å². The van der Waals surface area contributed by atoms with Gasteiger partial charge in [0.2, 0.25) is 0 Å². The third-order valence-corrected chi connectivity index (χ3v) is 3.34. The fraction of sp³-hybridized carbons (Fsp3) is 0. The molecule has 1 aliphatic rings. The van der Waals surface area contributed by atoms with E-state index in [1.165, 1.54) is 23.6 Å². The number of rotatable bonds is 0. The Kier molecular flexibility index (Phi) is 3.04. The Morgan fingerprint density at radius 3 is 3.00 bits per heavy atom. The van der Waals surface area contributed by atoms with Crippen LogP contribution in [0.4, 0.5) is 9.39 Å². The maximum absolute atomic E-state index is 13.6. The predicted octanol–water partition coefficient (Wildman–Crippen LogP) is 0.983. The van der Waals surface area contributed by atoms with Crippen molar-refractivity contribution in [1.82, 2.24) is 4.98 Å². The van der Waals surface area contributed by atoms with Crippen LogP contribution in [0, 0.1) is 5.82 Å². The average Bonchev–Trinajstić information content (AvgIpc) is 2.70. The summed E-state index contributed by atoms with van der Waals surface area (Å²) in [5, 5.41) is 6.79. The second-order valence-corrected chi connectivity index (χ2v) is 4.34. The van der Waals surface area contributed by atoms with E-state index in [1.54, 1.807) is 6.20 Å². The lowest BCUT2D eigenvalue weighted by Crippen LogP contribution is -2.35.